The molecule has 0 radical (unpaired) electrons. The number of carbonyl (C=O) groups excluding carboxylic acids is 1. The minimum absolute atomic E-state index is 0.0226. The van der Waals surface area contributed by atoms with Gasteiger partial charge in [-0.15, -0.1) is 0 Å². The second-order valence-corrected chi connectivity index (χ2v) is 9.42. The normalized spacial score (nSPS) is 13.8. The van der Waals surface area contributed by atoms with Gasteiger partial charge in [0.2, 0.25) is 5.91 Å². The van der Waals surface area contributed by atoms with Crippen LogP contribution in [0.4, 0.5) is 11.4 Å². The maximum Gasteiger partial charge on any atom is 0.261 e. The molecule has 1 aromatic heterocycles. The van der Waals surface area contributed by atoms with Crippen LogP contribution in [0.3, 0.4) is 0 Å². The Morgan fingerprint density at radius 2 is 1.82 bits per heavy atom. The van der Waals surface area contributed by atoms with Gasteiger partial charge in [0.25, 0.3) is 10.0 Å². The second kappa shape index (κ2) is 9.50. The highest BCUT2D eigenvalue weighted by molar-refractivity contribution is 7.92. The van der Waals surface area contributed by atoms with E-state index in [4.69, 9.17) is 9.26 Å². The van der Waals surface area contributed by atoms with Crippen LogP contribution < -0.4 is 14.8 Å². The molecule has 9 heteroatoms. The van der Waals surface area contributed by atoms with E-state index < -0.39 is 10.0 Å². The van der Waals surface area contributed by atoms with Crippen molar-refractivity contribution in [2.24, 2.45) is 5.92 Å². The molecule has 0 aliphatic heterocycles. The first-order valence-electron chi connectivity index (χ1n) is 10.7. The molecular weight excluding hydrogens is 442 g/mol. The zero-order valence-electron chi connectivity index (χ0n) is 18.4. The number of aryl methyl sites for hydroxylation is 1. The number of hydrogen-bond donors (Lipinski definition) is 2. The van der Waals surface area contributed by atoms with E-state index in [1.165, 1.54) is 12.1 Å². The van der Waals surface area contributed by atoms with E-state index in [9.17, 15) is 13.2 Å². The van der Waals surface area contributed by atoms with E-state index in [1.54, 1.807) is 55.5 Å². The molecule has 33 heavy (non-hydrogen) atoms. The van der Waals surface area contributed by atoms with Crippen LogP contribution >= 0.6 is 0 Å². The summed E-state index contributed by atoms with van der Waals surface area (Å²) in [6.45, 7) is 4.19. The molecule has 4 rings (SSSR count). The van der Waals surface area contributed by atoms with E-state index in [0.717, 1.165) is 18.4 Å². The lowest BCUT2D eigenvalue weighted by Gasteiger charge is -2.09. The largest absolute Gasteiger partial charge is 0.494 e. The summed E-state index contributed by atoms with van der Waals surface area (Å²) in [6, 6.07) is 13.2. The predicted molar refractivity (Wildman–Crippen MR) is 126 cm³/mol. The number of sulfonamides is 1. The zero-order valence-corrected chi connectivity index (χ0v) is 19.2. The number of nitrogens with one attached hydrogen (secondary N) is 2. The Hall–Kier alpha value is -3.59. The van der Waals surface area contributed by atoms with Crippen LogP contribution in [0.15, 0.2) is 57.9 Å². The Kier molecular flexibility index (Phi) is 6.50. The van der Waals surface area contributed by atoms with E-state index in [-0.39, 0.29) is 16.7 Å². The number of aromatic nitrogens is 1. The molecule has 1 aliphatic rings. The Bertz CT molecular complexity index is 1260. The summed E-state index contributed by atoms with van der Waals surface area (Å²) in [4.78, 5) is 12.2. The van der Waals surface area contributed by atoms with Crippen molar-refractivity contribution in [2.45, 2.75) is 31.6 Å². The maximum absolute atomic E-state index is 12.7. The van der Waals surface area contributed by atoms with Crippen LogP contribution in [0.1, 0.15) is 36.8 Å². The van der Waals surface area contributed by atoms with Gasteiger partial charge < -0.3 is 14.6 Å². The van der Waals surface area contributed by atoms with Crippen LogP contribution in [0.2, 0.25) is 0 Å². The molecule has 1 aliphatic carbocycles. The smallest absolute Gasteiger partial charge is 0.261 e. The van der Waals surface area contributed by atoms with E-state index >= 15 is 0 Å². The molecule has 0 unspecified atom stereocenters. The van der Waals surface area contributed by atoms with Gasteiger partial charge in [-0.05, 0) is 74.7 Å². The fourth-order valence-electron chi connectivity index (χ4n) is 3.15. The van der Waals surface area contributed by atoms with Crippen molar-refractivity contribution in [1.29, 1.82) is 0 Å². The summed E-state index contributed by atoms with van der Waals surface area (Å²) >= 11 is 0. The zero-order chi connectivity index (χ0) is 23.4. The Morgan fingerprint density at radius 1 is 1.12 bits per heavy atom. The lowest BCUT2D eigenvalue weighted by Crippen LogP contribution is -2.14. The first kappa shape index (κ1) is 22.6. The summed E-state index contributed by atoms with van der Waals surface area (Å²) in [5.74, 6) is 1.16. The quantitative estimate of drug-likeness (QED) is 0.472. The van der Waals surface area contributed by atoms with E-state index in [1.807, 2.05) is 6.92 Å². The molecule has 3 aromatic rings. The second-order valence-electron chi connectivity index (χ2n) is 7.74. The van der Waals surface area contributed by atoms with Gasteiger partial charge in [-0.2, -0.15) is 0 Å². The topological polar surface area (TPSA) is 111 Å². The number of carbonyl (C=O) groups is 1. The van der Waals surface area contributed by atoms with Crippen LogP contribution in [0.5, 0.6) is 5.75 Å². The Labute approximate surface area is 192 Å². The van der Waals surface area contributed by atoms with Crippen LogP contribution in [0, 0.1) is 12.8 Å². The third kappa shape index (κ3) is 5.61. The van der Waals surface area contributed by atoms with Gasteiger partial charge in [0.15, 0.2) is 5.76 Å². The number of amides is 1. The van der Waals surface area contributed by atoms with Crippen molar-refractivity contribution in [2.75, 3.05) is 16.6 Å². The molecule has 0 spiro atoms. The van der Waals surface area contributed by atoms with Gasteiger partial charge in [0.1, 0.15) is 17.1 Å². The molecule has 1 heterocycles. The fourth-order valence-corrected chi connectivity index (χ4v) is 4.21. The molecule has 2 aromatic carbocycles. The van der Waals surface area contributed by atoms with Crippen molar-refractivity contribution in [3.8, 4) is 5.75 Å². The number of nitrogens with zero attached hydrogens (tertiary/aromatic N) is 1. The first-order valence-corrected chi connectivity index (χ1v) is 12.1. The molecule has 8 nitrogen and oxygen atoms in total. The van der Waals surface area contributed by atoms with Crippen molar-refractivity contribution in [3.63, 3.8) is 0 Å². The van der Waals surface area contributed by atoms with Crippen molar-refractivity contribution < 1.29 is 22.5 Å². The van der Waals surface area contributed by atoms with Gasteiger partial charge in [0, 0.05) is 11.6 Å². The molecule has 1 saturated carbocycles. The highest BCUT2D eigenvalue weighted by Crippen LogP contribution is 2.32. The molecule has 1 fully saturated rings. The number of anilines is 2. The van der Waals surface area contributed by atoms with Crippen LogP contribution in [-0.2, 0) is 14.8 Å². The molecule has 172 valence electrons. The monoisotopic (exact) mass is 467 g/mol. The van der Waals surface area contributed by atoms with Gasteiger partial charge in [-0.3, -0.25) is 9.52 Å². The average Bonchev–Trinajstić information content (AvgIpc) is 3.60. The number of rotatable bonds is 9. The lowest BCUT2D eigenvalue weighted by atomic mass is 10.2. The molecular formula is C24H25N3O5S. The highest BCUT2D eigenvalue weighted by Gasteiger charge is 2.30. The SMILES string of the molecule is CCOc1ccc(NS(=O)(=O)c2ccc(C=Cc3onc(C)c3NC(=O)C3CC3)cc2)cc1. The average molecular weight is 468 g/mol. The first-order chi connectivity index (χ1) is 15.9. The number of hydrogen-bond acceptors (Lipinski definition) is 6. The minimum atomic E-state index is -3.73. The van der Waals surface area contributed by atoms with Crippen LogP contribution in [-0.4, -0.2) is 26.1 Å². The van der Waals surface area contributed by atoms with Gasteiger partial charge in [-0.1, -0.05) is 23.4 Å². The summed E-state index contributed by atoms with van der Waals surface area (Å²) in [5, 5.41) is 6.80. The molecule has 0 bridgehead atoms. The number of ether oxygens (including phenoxy) is 1. The Balaban J connectivity index is 1.44. The third-order valence-corrected chi connectivity index (χ3v) is 6.52. The van der Waals surface area contributed by atoms with Gasteiger partial charge >= 0.3 is 0 Å². The van der Waals surface area contributed by atoms with Gasteiger partial charge in [-0.25, -0.2) is 8.42 Å². The summed E-state index contributed by atoms with van der Waals surface area (Å²) in [6.07, 6.45) is 5.28. The molecule has 2 N–H and O–H groups in total. The lowest BCUT2D eigenvalue weighted by molar-refractivity contribution is -0.117. The summed E-state index contributed by atoms with van der Waals surface area (Å²) < 4.78 is 38.6. The fraction of sp³-hybridized carbons (Fsp3) is 0.250. The van der Waals surface area contributed by atoms with Crippen LogP contribution in [0.25, 0.3) is 12.2 Å². The third-order valence-electron chi connectivity index (χ3n) is 5.12. The van der Waals surface area contributed by atoms with Crippen molar-refractivity contribution in [1.82, 2.24) is 5.16 Å². The molecule has 0 atom stereocenters. The van der Waals surface area contributed by atoms with Gasteiger partial charge in [0.05, 0.1) is 11.5 Å². The summed E-state index contributed by atoms with van der Waals surface area (Å²) in [5.41, 5.74) is 2.37. The minimum Gasteiger partial charge on any atom is -0.494 e. The molecule has 0 saturated heterocycles. The maximum atomic E-state index is 12.7. The summed E-state index contributed by atoms with van der Waals surface area (Å²) in [7, 11) is -3.73. The standard InChI is InChI=1S/C24H25N3O5S/c1-3-31-20-11-9-19(10-12-20)27-33(29,30)21-13-4-17(5-14-21)6-15-22-23(16(2)26-32-22)25-24(28)18-7-8-18/h4-6,9-15,18,27H,3,7-8H2,1-2H3,(H,25,28). The van der Waals surface area contributed by atoms with Crippen molar-refractivity contribution >= 4 is 39.5 Å². The predicted octanol–water partition coefficient (Wildman–Crippen LogP) is 4.70. The van der Waals surface area contributed by atoms with E-state index in [2.05, 4.69) is 15.2 Å². The molecule has 1 amide bonds. The highest BCUT2D eigenvalue weighted by atomic mass is 32.2. The number of benzene rings is 2. The van der Waals surface area contributed by atoms with E-state index in [0.29, 0.717) is 35.2 Å². The Morgan fingerprint density at radius 3 is 2.45 bits per heavy atom. The van der Waals surface area contributed by atoms with Crippen molar-refractivity contribution in [3.05, 3.63) is 65.5 Å².